The number of cyclic esters (lactones) is 4. The first-order valence-corrected chi connectivity index (χ1v) is 14.1. The highest BCUT2D eigenvalue weighted by atomic mass is 16.6. The zero-order valence-electron chi connectivity index (χ0n) is 21.7. The fourth-order valence-corrected chi connectivity index (χ4v) is 6.47. The molecule has 2 heterocycles. The molecule has 0 bridgehead atoms. The van der Waals surface area contributed by atoms with E-state index in [0.29, 0.717) is 17.5 Å². The lowest BCUT2D eigenvalue weighted by Gasteiger charge is -2.39. The van der Waals surface area contributed by atoms with Crippen molar-refractivity contribution in [2.45, 2.75) is 102 Å². The Labute approximate surface area is 218 Å². The van der Waals surface area contributed by atoms with Gasteiger partial charge < -0.3 is 9.47 Å². The number of unbranched alkanes of at least 4 members (excludes halogenated alkanes) is 10. The van der Waals surface area contributed by atoms with Gasteiger partial charge in [0.15, 0.2) is 0 Å². The van der Waals surface area contributed by atoms with Crippen LogP contribution in [-0.4, -0.2) is 29.7 Å². The number of benzene rings is 1. The minimum absolute atomic E-state index is 0.138. The third kappa shape index (κ3) is 6.02. The Balaban J connectivity index is 1.41. The molecule has 4 rings (SSSR count). The van der Waals surface area contributed by atoms with E-state index in [2.05, 4.69) is 6.92 Å². The number of hydrogen-bond donors (Lipinski definition) is 0. The summed E-state index contributed by atoms with van der Waals surface area (Å²) in [6, 6.07) is 7.06. The van der Waals surface area contributed by atoms with E-state index in [-0.39, 0.29) is 18.6 Å². The lowest BCUT2D eigenvalue weighted by molar-refractivity contribution is -0.157. The number of hydrogen-bond acceptors (Lipinski definition) is 7. The van der Waals surface area contributed by atoms with Crippen LogP contribution in [0, 0.1) is 17.8 Å². The Bertz CT molecular complexity index is 1030. The second kappa shape index (κ2) is 12.6. The molecule has 1 aliphatic carbocycles. The summed E-state index contributed by atoms with van der Waals surface area (Å²) in [5.74, 6) is -7.11. The predicted molar refractivity (Wildman–Crippen MR) is 135 cm³/mol. The van der Waals surface area contributed by atoms with E-state index in [1.807, 2.05) is 0 Å². The van der Waals surface area contributed by atoms with Crippen LogP contribution in [0.15, 0.2) is 24.3 Å². The number of ether oxygens (including phenoxy) is 2. The van der Waals surface area contributed by atoms with Gasteiger partial charge in [-0.05, 0) is 17.5 Å². The highest BCUT2D eigenvalue weighted by Crippen LogP contribution is 2.54. The van der Waals surface area contributed by atoms with Gasteiger partial charge in [0.05, 0.1) is 24.2 Å². The fraction of sp³-hybridized carbons (Fsp3) is 0.633. The summed E-state index contributed by atoms with van der Waals surface area (Å²) in [5.41, 5.74) is 1.25. The van der Waals surface area contributed by atoms with Gasteiger partial charge in [0, 0.05) is 18.3 Å². The number of esters is 4. The summed E-state index contributed by atoms with van der Waals surface area (Å²) in [4.78, 5) is 63.7. The molecule has 0 radical (unpaired) electrons. The first kappa shape index (κ1) is 27.2. The molecule has 1 aromatic carbocycles. The second-order valence-electron chi connectivity index (χ2n) is 10.8. The first-order chi connectivity index (χ1) is 17.9. The van der Waals surface area contributed by atoms with Crippen molar-refractivity contribution in [1.29, 1.82) is 0 Å². The highest BCUT2D eigenvalue weighted by molar-refractivity contribution is 6.04. The van der Waals surface area contributed by atoms with Gasteiger partial charge >= 0.3 is 23.9 Å². The molecule has 0 amide bonds. The Morgan fingerprint density at radius 1 is 0.730 bits per heavy atom. The molecule has 3 aliphatic rings. The average Bonchev–Trinajstić information content (AvgIpc) is 3.37. The van der Waals surface area contributed by atoms with Crippen molar-refractivity contribution in [3.05, 3.63) is 35.4 Å². The molecule has 0 saturated carbocycles. The molecule has 2 saturated heterocycles. The molecule has 7 heteroatoms. The molecule has 0 spiro atoms. The summed E-state index contributed by atoms with van der Waals surface area (Å²) in [6.45, 7) is 2.22. The average molecular weight is 511 g/mol. The number of carbonyl (C=O) groups is 5. The number of ketones is 1. The maximum Gasteiger partial charge on any atom is 0.321 e. The minimum Gasteiger partial charge on any atom is -0.393 e. The lowest BCUT2D eigenvalue weighted by atomic mass is 9.59. The van der Waals surface area contributed by atoms with Crippen LogP contribution in [0.1, 0.15) is 113 Å². The van der Waals surface area contributed by atoms with Gasteiger partial charge in [-0.15, -0.1) is 0 Å². The van der Waals surface area contributed by atoms with Crippen molar-refractivity contribution < 1.29 is 33.4 Å². The largest absolute Gasteiger partial charge is 0.393 e. The molecule has 7 nitrogen and oxygen atoms in total. The molecule has 2 aliphatic heterocycles. The predicted octanol–water partition coefficient (Wildman–Crippen LogP) is 5.54. The molecule has 0 aromatic heterocycles. The number of Topliss-reactive ketones (excluding diaryl/α,β-unsaturated/α-hetero) is 1. The van der Waals surface area contributed by atoms with E-state index in [4.69, 9.17) is 9.47 Å². The normalized spacial score (nSPS) is 26.6. The zero-order chi connectivity index (χ0) is 26.4. The van der Waals surface area contributed by atoms with Crippen LogP contribution in [-0.2, 0) is 33.4 Å². The van der Waals surface area contributed by atoms with Crippen LogP contribution in [0.5, 0.6) is 0 Å². The van der Waals surface area contributed by atoms with Gasteiger partial charge in [-0.25, -0.2) is 0 Å². The molecule has 0 N–H and O–H groups in total. The van der Waals surface area contributed by atoms with Gasteiger partial charge in [-0.3, -0.25) is 24.0 Å². The maximum atomic E-state index is 13.7. The first-order valence-electron chi connectivity index (χ1n) is 14.1. The van der Waals surface area contributed by atoms with Crippen molar-refractivity contribution in [2.75, 3.05) is 0 Å². The lowest BCUT2D eigenvalue weighted by Crippen LogP contribution is -2.43. The van der Waals surface area contributed by atoms with E-state index in [0.717, 1.165) is 19.3 Å². The fourth-order valence-electron chi connectivity index (χ4n) is 6.47. The van der Waals surface area contributed by atoms with Crippen molar-refractivity contribution in [3.8, 4) is 0 Å². The van der Waals surface area contributed by atoms with Crippen LogP contribution in [0.4, 0.5) is 0 Å². The Hall–Kier alpha value is -2.83. The van der Waals surface area contributed by atoms with Gasteiger partial charge in [0.25, 0.3) is 0 Å². The van der Waals surface area contributed by atoms with Gasteiger partial charge in [0.1, 0.15) is 5.78 Å². The summed E-state index contributed by atoms with van der Waals surface area (Å²) >= 11 is 0. The van der Waals surface area contributed by atoms with Crippen LogP contribution < -0.4 is 0 Å². The Kier molecular flexibility index (Phi) is 9.28. The Morgan fingerprint density at radius 3 is 1.92 bits per heavy atom. The van der Waals surface area contributed by atoms with Crippen molar-refractivity contribution in [2.24, 2.45) is 17.8 Å². The van der Waals surface area contributed by atoms with Gasteiger partial charge in [0.2, 0.25) is 0 Å². The maximum absolute atomic E-state index is 13.7. The minimum atomic E-state index is -0.976. The molecular formula is C30H38O7. The van der Waals surface area contributed by atoms with Gasteiger partial charge in [-0.2, -0.15) is 0 Å². The van der Waals surface area contributed by atoms with Crippen molar-refractivity contribution in [3.63, 3.8) is 0 Å². The van der Waals surface area contributed by atoms with Crippen LogP contribution >= 0.6 is 0 Å². The van der Waals surface area contributed by atoms with Crippen molar-refractivity contribution >= 4 is 29.7 Å². The molecule has 1 aromatic rings. The number of fused-ring (bicyclic) bond motifs is 3. The quantitative estimate of drug-likeness (QED) is 0.184. The molecule has 200 valence electrons. The smallest absolute Gasteiger partial charge is 0.321 e. The molecule has 37 heavy (non-hydrogen) atoms. The summed E-state index contributed by atoms with van der Waals surface area (Å²) in [5, 5.41) is 0. The standard InChI is InChI=1S/C30H38O7/c1-2-3-4-5-6-7-8-9-10-11-12-17-22(31)26-24(21-18-23(32)36-28(21)33)19-15-13-14-16-20(19)25-27(26)30(35)37-29(25)34/h13-16,21,24-27H,2-12,17-18H2,1H3. The number of carbonyl (C=O) groups excluding carboxylic acids is 5. The summed E-state index contributed by atoms with van der Waals surface area (Å²) in [6.07, 6.45) is 12.9. The third-order valence-electron chi connectivity index (χ3n) is 8.29. The summed E-state index contributed by atoms with van der Waals surface area (Å²) < 4.78 is 9.83. The SMILES string of the molecule is CCCCCCCCCCCCCC(=O)C1C2C(=O)OC(=O)C2c2ccccc2C1C1CC(=O)OC1=O. The highest BCUT2D eigenvalue weighted by Gasteiger charge is 2.60. The van der Waals surface area contributed by atoms with E-state index in [9.17, 15) is 24.0 Å². The molecular weight excluding hydrogens is 472 g/mol. The molecule has 5 unspecified atom stereocenters. The van der Waals surface area contributed by atoms with E-state index >= 15 is 0 Å². The molecule has 5 atom stereocenters. The second-order valence-corrected chi connectivity index (χ2v) is 10.8. The summed E-state index contributed by atoms with van der Waals surface area (Å²) in [7, 11) is 0. The van der Waals surface area contributed by atoms with E-state index in [1.165, 1.54) is 44.9 Å². The van der Waals surface area contributed by atoms with E-state index in [1.54, 1.807) is 24.3 Å². The van der Waals surface area contributed by atoms with Gasteiger partial charge in [-0.1, -0.05) is 95.4 Å². The zero-order valence-corrected chi connectivity index (χ0v) is 21.7. The van der Waals surface area contributed by atoms with Crippen LogP contribution in [0.3, 0.4) is 0 Å². The van der Waals surface area contributed by atoms with Crippen LogP contribution in [0.2, 0.25) is 0 Å². The monoisotopic (exact) mass is 510 g/mol. The topological polar surface area (TPSA) is 104 Å². The number of rotatable bonds is 14. The van der Waals surface area contributed by atoms with E-state index < -0.39 is 53.5 Å². The molecule has 2 fully saturated rings. The Morgan fingerprint density at radius 2 is 1.32 bits per heavy atom. The van der Waals surface area contributed by atoms with Crippen molar-refractivity contribution in [1.82, 2.24) is 0 Å². The third-order valence-corrected chi connectivity index (χ3v) is 8.29. The van der Waals surface area contributed by atoms with Crippen LogP contribution in [0.25, 0.3) is 0 Å².